The molecule has 2 rings (SSSR count). The van der Waals surface area contributed by atoms with E-state index in [4.69, 9.17) is 4.74 Å². The fourth-order valence-electron chi connectivity index (χ4n) is 4.52. The van der Waals surface area contributed by atoms with Gasteiger partial charge in [0.1, 0.15) is 6.17 Å². The van der Waals surface area contributed by atoms with Crippen LogP contribution in [0.5, 0.6) is 0 Å². The van der Waals surface area contributed by atoms with Crippen molar-refractivity contribution < 1.29 is 13.5 Å². The van der Waals surface area contributed by atoms with E-state index in [9.17, 15) is 8.78 Å². The highest BCUT2D eigenvalue weighted by atomic mass is 19.2. The Hall–Kier alpha value is -0.180. The van der Waals surface area contributed by atoms with Crippen LogP contribution < -0.4 is 0 Å². The predicted molar refractivity (Wildman–Crippen MR) is 87.5 cm³/mol. The summed E-state index contributed by atoms with van der Waals surface area (Å²) in [5.74, 6) is 1.59. The molecule has 1 nitrogen and oxygen atoms in total. The lowest BCUT2D eigenvalue weighted by Crippen LogP contribution is -2.42. The van der Waals surface area contributed by atoms with Gasteiger partial charge in [0, 0.05) is 6.61 Å². The van der Waals surface area contributed by atoms with Crippen molar-refractivity contribution in [2.45, 2.75) is 96.5 Å². The first-order valence-corrected chi connectivity index (χ1v) is 9.55. The molecule has 3 heteroatoms. The third-order valence-corrected chi connectivity index (χ3v) is 5.92. The smallest absolute Gasteiger partial charge is 0.157 e. The molecule has 0 N–H and O–H groups in total. The number of alkyl halides is 2. The van der Waals surface area contributed by atoms with E-state index in [1.165, 1.54) is 38.5 Å². The molecule has 4 atom stereocenters. The Balaban J connectivity index is 1.69. The van der Waals surface area contributed by atoms with Crippen molar-refractivity contribution in [1.29, 1.82) is 0 Å². The maximum Gasteiger partial charge on any atom is 0.157 e. The Morgan fingerprint density at radius 3 is 2.00 bits per heavy atom. The van der Waals surface area contributed by atoms with Crippen molar-refractivity contribution >= 4 is 0 Å². The molecule has 2 fully saturated rings. The molecule has 0 bridgehead atoms. The molecule has 0 aromatic heterocycles. The van der Waals surface area contributed by atoms with E-state index in [2.05, 4.69) is 6.92 Å². The second-order valence-corrected chi connectivity index (χ2v) is 7.47. The molecule has 2 aliphatic carbocycles. The fraction of sp³-hybridized carbons (Fsp3) is 1.00. The highest BCUT2D eigenvalue weighted by molar-refractivity contribution is 4.89. The molecule has 0 saturated heterocycles. The monoisotopic (exact) mass is 316 g/mol. The van der Waals surface area contributed by atoms with Gasteiger partial charge < -0.3 is 4.74 Å². The van der Waals surface area contributed by atoms with Gasteiger partial charge in [0.15, 0.2) is 6.17 Å². The summed E-state index contributed by atoms with van der Waals surface area (Å²) in [7, 11) is 0. The van der Waals surface area contributed by atoms with Crippen LogP contribution in [-0.4, -0.2) is 25.1 Å². The standard InChI is InChI=1S/C19H34F2O/c1-3-5-14-6-8-15(9-7-14)10-11-16-12-13-17(22-4-2)19(21)18(16)20/h14-19H,3-13H2,1-2H3. The second-order valence-electron chi connectivity index (χ2n) is 7.47. The summed E-state index contributed by atoms with van der Waals surface area (Å²) >= 11 is 0. The largest absolute Gasteiger partial charge is 0.375 e. The number of rotatable bonds is 7. The van der Waals surface area contributed by atoms with Crippen molar-refractivity contribution in [3.05, 3.63) is 0 Å². The first-order chi connectivity index (χ1) is 10.7. The van der Waals surface area contributed by atoms with Gasteiger partial charge in [0.2, 0.25) is 0 Å². The Bertz CT molecular complexity index is 302. The molecule has 0 aromatic carbocycles. The average Bonchev–Trinajstić information content (AvgIpc) is 2.53. The van der Waals surface area contributed by atoms with Crippen LogP contribution in [0.25, 0.3) is 0 Å². The van der Waals surface area contributed by atoms with E-state index in [1.54, 1.807) is 0 Å². The zero-order valence-corrected chi connectivity index (χ0v) is 14.4. The zero-order valence-electron chi connectivity index (χ0n) is 14.4. The van der Waals surface area contributed by atoms with Gasteiger partial charge in [-0.3, -0.25) is 0 Å². The van der Waals surface area contributed by atoms with E-state index in [1.807, 2.05) is 6.92 Å². The van der Waals surface area contributed by atoms with E-state index in [-0.39, 0.29) is 5.92 Å². The number of halogens is 2. The van der Waals surface area contributed by atoms with Crippen LogP contribution in [0.3, 0.4) is 0 Å². The molecule has 0 heterocycles. The summed E-state index contributed by atoms with van der Waals surface area (Å²) in [6.07, 6.45) is 8.14. The second kappa shape index (κ2) is 9.20. The van der Waals surface area contributed by atoms with Gasteiger partial charge in [-0.2, -0.15) is 0 Å². The lowest BCUT2D eigenvalue weighted by Gasteiger charge is -2.36. The molecule has 0 aromatic rings. The molecule has 2 aliphatic rings. The van der Waals surface area contributed by atoms with Gasteiger partial charge in [-0.25, -0.2) is 8.78 Å². The highest BCUT2D eigenvalue weighted by Gasteiger charge is 2.40. The van der Waals surface area contributed by atoms with Crippen molar-refractivity contribution in [1.82, 2.24) is 0 Å². The summed E-state index contributed by atoms with van der Waals surface area (Å²) in [6, 6.07) is 0. The minimum Gasteiger partial charge on any atom is -0.375 e. The minimum atomic E-state index is -1.42. The van der Waals surface area contributed by atoms with E-state index in [0.29, 0.717) is 13.0 Å². The van der Waals surface area contributed by atoms with Crippen molar-refractivity contribution in [3.8, 4) is 0 Å². The Morgan fingerprint density at radius 2 is 1.41 bits per heavy atom. The topological polar surface area (TPSA) is 9.23 Å². The molecule has 4 unspecified atom stereocenters. The van der Waals surface area contributed by atoms with E-state index in [0.717, 1.165) is 31.1 Å². The van der Waals surface area contributed by atoms with Crippen LogP contribution >= 0.6 is 0 Å². The maximum atomic E-state index is 14.3. The lowest BCUT2D eigenvalue weighted by atomic mass is 9.75. The number of ether oxygens (including phenoxy) is 1. The average molecular weight is 316 g/mol. The Labute approximate surface area is 135 Å². The molecule has 2 saturated carbocycles. The van der Waals surface area contributed by atoms with Crippen LogP contribution in [0.1, 0.15) is 78.1 Å². The van der Waals surface area contributed by atoms with Crippen LogP contribution in [0.2, 0.25) is 0 Å². The highest BCUT2D eigenvalue weighted by Crippen LogP contribution is 2.38. The summed E-state index contributed by atoms with van der Waals surface area (Å²) in [5.41, 5.74) is 0. The van der Waals surface area contributed by atoms with Crippen LogP contribution in [0, 0.1) is 17.8 Å². The third kappa shape index (κ3) is 4.91. The van der Waals surface area contributed by atoms with Crippen LogP contribution in [0.15, 0.2) is 0 Å². The third-order valence-electron chi connectivity index (χ3n) is 5.92. The van der Waals surface area contributed by atoms with Gasteiger partial charge >= 0.3 is 0 Å². The first kappa shape index (κ1) is 18.2. The summed E-state index contributed by atoms with van der Waals surface area (Å²) in [4.78, 5) is 0. The molecule has 130 valence electrons. The maximum absolute atomic E-state index is 14.3. The normalized spacial score (nSPS) is 39.8. The fourth-order valence-corrected chi connectivity index (χ4v) is 4.52. The van der Waals surface area contributed by atoms with Crippen molar-refractivity contribution in [2.24, 2.45) is 17.8 Å². The van der Waals surface area contributed by atoms with Gasteiger partial charge in [-0.15, -0.1) is 0 Å². The van der Waals surface area contributed by atoms with Gasteiger partial charge in [-0.05, 0) is 43.9 Å². The summed E-state index contributed by atoms with van der Waals surface area (Å²) in [6.45, 7) is 4.59. The molecule has 0 aliphatic heterocycles. The first-order valence-electron chi connectivity index (χ1n) is 9.55. The summed E-state index contributed by atoms with van der Waals surface area (Å²) < 4.78 is 33.7. The van der Waals surface area contributed by atoms with Gasteiger partial charge in [0.05, 0.1) is 6.10 Å². The van der Waals surface area contributed by atoms with Gasteiger partial charge in [-0.1, -0.05) is 51.9 Å². The SMILES string of the molecule is CCCC1CCC(CCC2CCC(OCC)C(F)C2F)CC1. The molecule has 22 heavy (non-hydrogen) atoms. The van der Waals surface area contributed by atoms with Crippen LogP contribution in [0.4, 0.5) is 8.78 Å². The zero-order chi connectivity index (χ0) is 15.9. The minimum absolute atomic E-state index is 0.0833. The Morgan fingerprint density at radius 1 is 0.773 bits per heavy atom. The van der Waals surface area contributed by atoms with Crippen LogP contribution in [-0.2, 0) is 4.74 Å². The molecule has 0 radical (unpaired) electrons. The molecular formula is C19H34F2O. The quantitative estimate of drug-likeness (QED) is 0.571. The molecule has 0 spiro atoms. The molecular weight excluding hydrogens is 282 g/mol. The molecule has 0 amide bonds. The van der Waals surface area contributed by atoms with E-state index >= 15 is 0 Å². The Kier molecular flexibility index (Phi) is 7.59. The predicted octanol–water partition coefficient (Wildman–Crippen LogP) is 5.86. The van der Waals surface area contributed by atoms with E-state index < -0.39 is 18.4 Å². The summed E-state index contributed by atoms with van der Waals surface area (Å²) in [5, 5.41) is 0. The number of hydrogen-bond donors (Lipinski definition) is 0. The van der Waals surface area contributed by atoms with Gasteiger partial charge in [0.25, 0.3) is 0 Å². The number of hydrogen-bond acceptors (Lipinski definition) is 1. The van der Waals surface area contributed by atoms with Crippen molar-refractivity contribution in [2.75, 3.05) is 6.61 Å². The van der Waals surface area contributed by atoms with Crippen molar-refractivity contribution in [3.63, 3.8) is 0 Å². The lowest BCUT2D eigenvalue weighted by molar-refractivity contribution is -0.0727.